The number of aliphatic imine (C=N–C) groups is 1. The number of alkyl carbamates (subject to hydrolysis) is 1. The Labute approximate surface area is 193 Å². The van der Waals surface area contributed by atoms with E-state index < -0.39 is 11.7 Å². The number of hydrogen-bond donors (Lipinski definition) is 3. The second-order valence-electron chi connectivity index (χ2n) is 9.73. The van der Waals surface area contributed by atoms with Crippen molar-refractivity contribution in [3.63, 3.8) is 0 Å². The van der Waals surface area contributed by atoms with Gasteiger partial charge >= 0.3 is 6.09 Å². The standard InChI is InChI=1S/C23H43N7O2/c1-7-8-12-19(15-25-22(31)32-23(3,4)5)27-21(26-18-13-10-9-11-14-18)24-16-20-29-28-17(2)30(20)6/h18-19H,7-16H2,1-6H3,(H,25,31)(H2,24,26,27). The van der Waals surface area contributed by atoms with Gasteiger partial charge in [-0.15, -0.1) is 10.2 Å². The fourth-order valence-electron chi connectivity index (χ4n) is 3.70. The zero-order valence-corrected chi connectivity index (χ0v) is 20.8. The summed E-state index contributed by atoms with van der Waals surface area (Å²) in [5, 5.41) is 18.5. The topological polar surface area (TPSA) is 105 Å². The summed E-state index contributed by atoms with van der Waals surface area (Å²) in [6.45, 7) is 10.6. The second kappa shape index (κ2) is 12.6. The molecule has 1 atom stereocenters. The molecule has 0 bridgehead atoms. The molecule has 0 spiro atoms. The minimum Gasteiger partial charge on any atom is -0.444 e. The molecule has 1 unspecified atom stereocenters. The highest BCUT2D eigenvalue weighted by atomic mass is 16.6. The molecule has 9 nitrogen and oxygen atoms in total. The van der Waals surface area contributed by atoms with Crippen LogP contribution >= 0.6 is 0 Å². The van der Waals surface area contributed by atoms with Crippen molar-refractivity contribution in [2.24, 2.45) is 12.0 Å². The molecule has 182 valence electrons. The van der Waals surface area contributed by atoms with Crippen LogP contribution in [0.3, 0.4) is 0 Å². The van der Waals surface area contributed by atoms with E-state index in [2.05, 4.69) is 33.1 Å². The number of nitrogens with zero attached hydrogens (tertiary/aromatic N) is 4. The number of hydrogen-bond acceptors (Lipinski definition) is 5. The molecule has 9 heteroatoms. The van der Waals surface area contributed by atoms with E-state index in [0.717, 1.165) is 49.7 Å². The predicted octanol–water partition coefficient (Wildman–Crippen LogP) is 3.57. The number of aromatic nitrogens is 3. The van der Waals surface area contributed by atoms with Gasteiger partial charge in [-0.1, -0.05) is 39.0 Å². The van der Waals surface area contributed by atoms with Crippen molar-refractivity contribution in [3.8, 4) is 0 Å². The Morgan fingerprint density at radius 3 is 2.56 bits per heavy atom. The Morgan fingerprint density at radius 1 is 1.25 bits per heavy atom. The van der Waals surface area contributed by atoms with E-state index in [1.807, 2.05) is 39.3 Å². The maximum absolute atomic E-state index is 12.2. The van der Waals surface area contributed by atoms with Gasteiger partial charge in [0, 0.05) is 25.7 Å². The fourth-order valence-corrected chi connectivity index (χ4v) is 3.70. The van der Waals surface area contributed by atoms with Gasteiger partial charge in [0.15, 0.2) is 11.8 Å². The van der Waals surface area contributed by atoms with E-state index >= 15 is 0 Å². The Bertz CT molecular complexity index is 733. The lowest BCUT2D eigenvalue weighted by molar-refractivity contribution is 0.0522. The molecule has 1 aliphatic rings. The number of rotatable bonds is 9. The minimum absolute atomic E-state index is 0.0542. The number of carbonyl (C=O) groups excluding carboxylic acids is 1. The zero-order chi connectivity index (χ0) is 23.6. The monoisotopic (exact) mass is 449 g/mol. The molecule has 3 N–H and O–H groups in total. The van der Waals surface area contributed by atoms with E-state index in [1.54, 1.807) is 0 Å². The van der Waals surface area contributed by atoms with Gasteiger partial charge in [-0.25, -0.2) is 9.79 Å². The number of ether oxygens (including phenoxy) is 1. The highest BCUT2D eigenvalue weighted by molar-refractivity contribution is 5.80. The lowest BCUT2D eigenvalue weighted by Crippen LogP contribution is -2.51. The quantitative estimate of drug-likeness (QED) is 0.393. The third kappa shape index (κ3) is 9.44. The average molecular weight is 450 g/mol. The van der Waals surface area contributed by atoms with E-state index in [1.165, 1.54) is 19.3 Å². The van der Waals surface area contributed by atoms with Gasteiger partial charge in [-0.05, 0) is 47.0 Å². The Morgan fingerprint density at radius 2 is 1.97 bits per heavy atom. The molecule has 0 saturated heterocycles. The predicted molar refractivity (Wildman–Crippen MR) is 128 cm³/mol. The van der Waals surface area contributed by atoms with Crippen LogP contribution < -0.4 is 16.0 Å². The number of amides is 1. The van der Waals surface area contributed by atoms with Gasteiger partial charge in [0.1, 0.15) is 18.0 Å². The van der Waals surface area contributed by atoms with Crippen LogP contribution in [-0.2, 0) is 18.3 Å². The zero-order valence-electron chi connectivity index (χ0n) is 20.8. The van der Waals surface area contributed by atoms with E-state index in [-0.39, 0.29) is 6.04 Å². The highest BCUT2D eigenvalue weighted by Gasteiger charge is 2.20. The van der Waals surface area contributed by atoms with Crippen molar-refractivity contribution in [3.05, 3.63) is 11.6 Å². The van der Waals surface area contributed by atoms with E-state index in [0.29, 0.717) is 19.1 Å². The van der Waals surface area contributed by atoms with Gasteiger partial charge in [-0.3, -0.25) is 0 Å². The minimum atomic E-state index is -0.514. The van der Waals surface area contributed by atoms with Crippen LogP contribution in [0.2, 0.25) is 0 Å². The SMILES string of the molecule is CCCCC(CNC(=O)OC(C)(C)C)NC(=NCc1nnc(C)n1C)NC1CCCCC1. The summed E-state index contributed by atoms with van der Waals surface area (Å²) in [5.74, 6) is 2.46. The van der Waals surface area contributed by atoms with Crippen LogP contribution in [0.15, 0.2) is 4.99 Å². The van der Waals surface area contributed by atoms with Gasteiger partial charge in [0.2, 0.25) is 0 Å². The average Bonchev–Trinajstić information content (AvgIpc) is 3.05. The largest absolute Gasteiger partial charge is 0.444 e. The van der Waals surface area contributed by atoms with Crippen molar-refractivity contribution in [1.82, 2.24) is 30.7 Å². The van der Waals surface area contributed by atoms with Crippen molar-refractivity contribution < 1.29 is 9.53 Å². The van der Waals surface area contributed by atoms with Crippen molar-refractivity contribution in [2.75, 3.05) is 6.54 Å². The van der Waals surface area contributed by atoms with Crippen LogP contribution in [0.1, 0.15) is 90.7 Å². The van der Waals surface area contributed by atoms with Crippen molar-refractivity contribution in [2.45, 2.75) is 110 Å². The van der Waals surface area contributed by atoms with Crippen LogP contribution in [-0.4, -0.2) is 51.0 Å². The summed E-state index contributed by atoms with van der Waals surface area (Å²) in [6, 6.07) is 0.473. The van der Waals surface area contributed by atoms with Gasteiger partial charge in [0.25, 0.3) is 0 Å². The van der Waals surface area contributed by atoms with Crippen LogP contribution in [0.25, 0.3) is 0 Å². The molecule has 1 aliphatic carbocycles. The molecule has 1 fully saturated rings. The Balaban J connectivity index is 2.07. The third-order valence-corrected chi connectivity index (χ3v) is 5.65. The summed E-state index contributed by atoms with van der Waals surface area (Å²) in [4.78, 5) is 17.0. The first-order chi connectivity index (χ1) is 15.2. The highest BCUT2D eigenvalue weighted by Crippen LogP contribution is 2.17. The number of guanidine groups is 1. The first-order valence-electron chi connectivity index (χ1n) is 12.1. The first-order valence-corrected chi connectivity index (χ1v) is 12.1. The third-order valence-electron chi connectivity index (χ3n) is 5.65. The molecule has 1 heterocycles. The molecule has 0 aliphatic heterocycles. The van der Waals surface area contributed by atoms with Gasteiger partial charge in [-0.2, -0.15) is 0 Å². The maximum atomic E-state index is 12.2. The molecule has 2 rings (SSSR count). The summed E-state index contributed by atoms with van der Waals surface area (Å²) in [7, 11) is 1.96. The van der Waals surface area contributed by atoms with Crippen molar-refractivity contribution in [1.29, 1.82) is 0 Å². The molecule has 0 aromatic carbocycles. The lowest BCUT2D eigenvalue weighted by atomic mass is 9.96. The molecular weight excluding hydrogens is 406 g/mol. The summed E-state index contributed by atoms with van der Waals surface area (Å²) in [6.07, 6.45) is 8.78. The lowest BCUT2D eigenvalue weighted by Gasteiger charge is -2.28. The second-order valence-corrected chi connectivity index (χ2v) is 9.73. The van der Waals surface area contributed by atoms with Crippen LogP contribution in [0.4, 0.5) is 4.79 Å². The molecule has 1 saturated carbocycles. The van der Waals surface area contributed by atoms with Gasteiger partial charge < -0.3 is 25.3 Å². The summed E-state index contributed by atoms with van der Waals surface area (Å²) >= 11 is 0. The molecule has 1 aromatic heterocycles. The molecule has 1 aromatic rings. The maximum Gasteiger partial charge on any atom is 0.407 e. The molecule has 1 amide bonds. The van der Waals surface area contributed by atoms with Crippen LogP contribution in [0, 0.1) is 6.92 Å². The normalized spacial score (nSPS) is 16.5. The molecule has 0 radical (unpaired) electrons. The summed E-state index contributed by atoms with van der Waals surface area (Å²) in [5.41, 5.74) is -0.514. The van der Waals surface area contributed by atoms with E-state index in [4.69, 9.17) is 9.73 Å². The first kappa shape index (κ1) is 25.9. The van der Waals surface area contributed by atoms with Gasteiger partial charge in [0.05, 0.1) is 0 Å². The van der Waals surface area contributed by atoms with Crippen molar-refractivity contribution >= 4 is 12.1 Å². The fraction of sp³-hybridized carbons (Fsp3) is 0.826. The number of unbranched alkanes of at least 4 members (excludes halogenated alkanes) is 1. The molecule has 32 heavy (non-hydrogen) atoms. The molecular formula is C23H43N7O2. The smallest absolute Gasteiger partial charge is 0.407 e. The Kier molecular flexibility index (Phi) is 10.3. The number of aryl methyl sites for hydroxylation is 1. The van der Waals surface area contributed by atoms with Crippen LogP contribution in [0.5, 0.6) is 0 Å². The Hall–Kier alpha value is -2.32. The number of carbonyl (C=O) groups is 1. The summed E-state index contributed by atoms with van der Waals surface area (Å²) < 4.78 is 7.36. The number of nitrogens with one attached hydrogen (secondary N) is 3. The van der Waals surface area contributed by atoms with E-state index in [9.17, 15) is 4.79 Å².